The van der Waals surface area contributed by atoms with E-state index >= 15 is 0 Å². The zero-order valence-corrected chi connectivity index (χ0v) is 11.3. The molecule has 0 aromatic rings. The van der Waals surface area contributed by atoms with Gasteiger partial charge in [-0.1, -0.05) is 0 Å². The summed E-state index contributed by atoms with van der Waals surface area (Å²) < 4.78 is 0. The molecule has 5 heteroatoms. The van der Waals surface area contributed by atoms with Crippen molar-refractivity contribution in [3.63, 3.8) is 0 Å². The molecule has 1 amide bonds. The zero-order chi connectivity index (χ0) is 13.1. The Labute approximate surface area is 109 Å². The Balaban J connectivity index is 1.73. The molecule has 100 valence electrons. The van der Waals surface area contributed by atoms with Crippen molar-refractivity contribution in [1.82, 2.24) is 14.7 Å². The van der Waals surface area contributed by atoms with Crippen molar-refractivity contribution in [1.29, 1.82) is 5.26 Å². The molecule has 5 nitrogen and oxygen atoms in total. The molecule has 0 aromatic carbocycles. The van der Waals surface area contributed by atoms with Crippen LogP contribution in [0.25, 0.3) is 0 Å². The minimum Gasteiger partial charge on any atom is -0.342 e. The van der Waals surface area contributed by atoms with Gasteiger partial charge < -0.3 is 4.90 Å². The summed E-state index contributed by atoms with van der Waals surface area (Å²) in [6, 6.07) is 2.74. The van der Waals surface area contributed by atoms with Gasteiger partial charge in [-0.25, -0.2) is 0 Å². The molecule has 1 atom stereocenters. The number of carbonyl (C=O) groups excluding carboxylic acids is 1. The van der Waals surface area contributed by atoms with Crippen LogP contribution in [0.4, 0.5) is 0 Å². The molecule has 0 N–H and O–H groups in total. The molecule has 0 radical (unpaired) electrons. The molecule has 1 aliphatic carbocycles. The van der Waals surface area contributed by atoms with E-state index in [1.54, 1.807) is 0 Å². The standard InChI is InChI=1S/C13H22N4O/c1-11(9-14)17-7-5-16(6-8-17)10-13(18)15(2)12-3-4-12/h11-12H,3-8,10H2,1-2H3. The molecule has 1 heterocycles. The number of carbonyl (C=O) groups is 1. The first-order valence-electron chi connectivity index (χ1n) is 6.73. The predicted octanol–water partition coefficient (Wildman–Crippen LogP) is 0.137. The summed E-state index contributed by atoms with van der Waals surface area (Å²) in [6.45, 7) is 6.00. The van der Waals surface area contributed by atoms with Crippen molar-refractivity contribution >= 4 is 5.91 Å². The number of hydrogen-bond acceptors (Lipinski definition) is 4. The normalized spacial score (nSPS) is 23.4. The van der Waals surface area contributed by atoms with Crippen LogP contribution in [0.15, 0.2) is 0 Å². The summed E-state index contributed by atoms with van der Waals surface area (Å²) in [6.07, 6.45) is 2.32. The van der Waals surface area contributed by atoms with Crippen LogP contribution in [-0.2, 0) is 4.79 Å². The lowest BCUT2D eigenvalue weighted by atomic mass is 10.2. The van der Waals surface area contributed by atoms with Gasteiger partial charge in [-0.2, -0.15) is 5.26 Å². The molecule has 0 aromatic heterocycles. The third kappa shape index (κ3) is 3.21. The quantitative estimate of drug-likeness (QED) is 0.712. The van der Waals surface area contributed by atoms with Gasteiger partial charge >= 0.3 is 0 Å². The van der Waals surface area contributed by atoms with Gasteiger partial charge in [-0.3, -0.25) is 14.6 Å². The van der Waals surface area contributed by atoms with E-state index in [4.69, 9.17) is 5.26 Å². The molecule has 18 heavy (non-hydrogen) atoms. The molecular weight excluding hydrogens is 228 g/mol. The van der Waals surface area contributed by atoms with E-state index in [-0.39, 0.29) is 11.9 Å². The second kappa shape index (κ2) is 5.68. The average molecular weight is 250 g/mol. The van der Waals surface area contributed by atoms with Crippen LogP contribution in [0.3, 0.4) is 0 Å². The summed E-state index contributed by atoms with van der Waals surface area (Å²) in [4.78, 5) is 18.2. The largest absolute Gasteiger partial charge is 0.342 e. The fourth-order valence-corrected chi connectivity index (χ4v) is 2.36. The van der Waals surface area contributed by atoms with Crippen LogP contribution in [0.5, 0.6) is 0 Å². The van der Waals surface area contributed by atoms with Gasteiger partial charge in [0.05, 0.1) is 18.7 Å². The third-order valence-electron chi connectivity index (χ3n) is 3.99. The van der Waals surface area contributed by atoms with Crippen LogP contribution in [-0.4, -0.2) is 72.5 Å². The van der Waals surface area contributed by atoms with E-state index in [9.17, 15) is 4.79 Å². The molecule has 2 fully saturated rings. The van der Waals surface area contributed by atoms with Crippen LogP contribution in [0, 0.1) is 11.3 Å². The summed E-state index contributed by atoms with van der Waals surface area (Å²) >= 11 is 0. The topological polar surface area (TPSA) is 50.6 Å². The average Bonchev–Trinajstić information content (AvgIpc) is 3.22. The van der Waals surface area contributed by atoms with Crippen molar-refractivity contribution in [2.75, 3.05) is 39.8 Å². The molecule has 0 bridgehead atoms. The van der Waals surface area contributed by atoms with Crippen molar-refractivity contribution in [3.05, 3.63) is 0 Å². The van der Waals surface area contributed by atoms with Crippen LogP contribution >= 0.6 is 0 Å². The van der Waals surface area contributed by atoms with Gasteiger partial charge in [0.1, 0.15) is 0 Å². The maximum Gasteiger partial charge on any atom is 0.236 e. The van der Waals surface area contributed by atoms with Gasteiger partial charge in [-0.15, -0.1) is 0 Å². The number of amides is 1. The molecule has 1 saturated carbocycles. The first-order chi connectivity index (χ1) is 8.61. The Morgan fingerprint density at radius 1 is 1.39 bits per heavy atom. The molecule has 2 rings (SSSR count). The second-order valence-corrected chi connectivity index (χ2v) is 5.35. The lowest BCUT2D eigenvalue weighted by molar-refractivity contribution is -0.132. The lowest BCUT2D eigenvalue weighted by Gasteiger charge is -2.36. The molecule has 1 aliphatic heterocycles. The number of piperazine rings is 1. The van der Waals surface area contributed by atoms with Crippen molar-refractivity contribution in [2.24, 2.45) is 0 Å². The maximum absolute atomic E-state index is 12.0. The second-order valence-electron chi connectivity index (χ2n) is 5.35. The highest BCUT2D eigenvalue weighted by Crippen LogP contribution is 2.25. The number of nitriles is 1. The van der Waals surface area contributed by atoms with Crippen LogP contribution < -0.4 is 0 Å². The Bertz CT molecular complexity index is 339. The summed E-state index contributed by atoms with van der Waals surface area (Å²) in [5.74, 6) is 0.235. The van der Waals surface area contributed by atoms with E-state index in [0.717, 1.165) is 39.0 Å². The maximum atomic E-state index is 12.0. The third-order valence-corrected chi connectivity index (χ3v) is 3.99. The highest BCUT2D eigenvalue weighted by atomic mass is 16.2. The van der Waals surface area contributed by atoms with Gasteiger partial charge in [0.2, 0.25) is 5.91 Å². The fraction of sp³-hybridized carbons (Fsp3) is 0.846. The van der Waals surface area contributed by atoms with Gasteiger partial charge in [0.15, 0.2) is 0 Å². The molecular formula is C13H22N4O. The Kier molecular flexibility index (Phi) is 4.20. The van der Waals surface area contributed by atoms with Gasteiger partial charge in [-0.05, 0) is 19.8 Å². The van der Waals surface area contributed by atoms with Crippen molar-refractivity contribution in [2.45, 2.75) is 31.8 Å². The number of nitrogens with zero attached hydrogens (tertiary/aromatic N) is 4. The molecule has 1 unspecified atom stereocenters. The number of likely N-dealkylation sites (N-methyl/N-ethyl adjacent to an activating group) is 1. The van der Waals surface area contributed by atoms with Crippen LogP contribution in [0.2, 0.25) is 0 Å². The monoisotopic (exact) mass is 250 g/mol. The van der Waals surface area contributed by atoms with E-state index in [1.165, 1.54) is 0 Å². The van der Waals surface area contributed by atoms with E-state index in [2.05, 4.69) is 15.9 Å². The molecule has 2 aliphatic rings. The Morgan fingerprint density at radius 2 is 2.00 bits per heavy atom. The highest BCUT2D eigenvalue weighted by molar-refractivity contribution is 5.78. The Hall–Kier alpha value is -1.12. The SMILES string of the molecule is CC(C#N)N1CCN(CC(=O)N(C)C2CC2)CC1. The Morgan fingerprint density at radius 3 is 2.50 bits per heavy atom. The number of hydrogen-bond donors (Lipinski definition) is 0. The van der Waals surface area contributed by atoms with Gasteiger partial charge in [0.25, 0.3) is 0 Å². The first kappa shape index (κ1) is 13.3. The molecule has 0 spiro atoms. The summed E-state index contributed by atoms with van der Waals surface area (Å²) in [5.41, 5.74) is 0. The predicted molar refractivity (Wildman–Crippen MR) is 68.9 cm³/mol. The zero-order valence-electron chi connectivity index (χ0n) is 11.3. The fourth-order valence-electron chi connectivity index (χ4n) is 2.36. The minimum atomic E-state index is -0.0167. The number of rotatable bonds is 4. The molecule has 1 saturated heterocycles. The minimum absolute atomic E-state index is 0.0167. The van der Waals surface area contributed by atoms with E-state index in [0.29, 0.717) is 12.6 Å². The summed E-state index contributed by atoms with van der Waals surface area (Å²) in [7, 11) is 1.91. The summed E-state index contributed by atoms with van der Waals surface area (Å²) in [5, 5.41) is 8.87. The smallest absolute Gasteiger partial charge is 0.236 e. The van der Waals surface area contributed by atoms with Crippen LogP contribution in [0.1, 0.15) is 19.8 Å². The lowest BCUT2D eigenvalue weighted by Crippen LogP contribution is -2.51. The van der Waals surface area contributed by atoms with Crippen molar-refractivity contribution < 1.29 is 4.79 Å². The van der Waals surface area contributed by atoms with E-state index < -0.39 is 0 Å². The first-order valence-corrected chi connectivity index (χ1v) is 6.73. The van der Waals surface area contributed by atoms with Crippen molar-refractivity contribution in [3.8, 4) is 6.07 Å². The highest BCUT2D eigenvalue weighted by Gasteiger charge is 2.30. The van der Waals surface area contributed by atoms with E-state index in [1.807, 2.05) is 18.9 Å². The van der Waals surface area contributed by atoms with Gasteiger partial charge in [0, 0.05) is 39.3 Å².